The van der Waals surface area contributed by atoms with E-state index in [1.54, 1.807) is 7.11 Å². The van der Waals surface area contributed by atoms with Crippen molar-refractivity contribution in [2.45, 2.75) is 45.4 Å². The van der Waals surface area contributed by atoms with E-state index in [1.165, 1.54) is 31.2 Å². The number of ether oxygens (including phenoxy) is 1. The van der Waals surface area contributed by atoms with Gasteiger partial charge in [0.2, 0.25) is 5.91 Å². The number of anilines is 1. The molecule has 0 radical (unpaired) electrons. The van der Waals surface area contributed by atoms with Gasteiger partial charge < -0.3 is 20.3 Å². The molecule has 1 aromatic rings. The van der Waals surface area contributed by atoms with Crippen LogP contribution >= 0.6 is 0 Å². The van der Waals surface area contributed by atoms with E-state index in [0.717, 1.165) is 50.7 Å². The van der Waals surface area contributed by atoms with Crippen LogP contribution in [0.2, 0.25) is 0 Å². The van der Waals surface area contributed by atoms with Gasteiger partial charge in [0.1, 0.15) is 6.54 Å². The lowest BCUT2D eigenvalue weighted by atomic mass is 9.83. The van der Waals surface area contributed by atoms with E-state index in [2.05, 4.69) is 21.7 Å². The molecule has 1 aromatic carbocycles. The van der Waals surface area contributed by atoms with Gasteiger partial charge in [-0.2, -0.15) is 0 Å². The third-order valence-electron chi connectivity index (χ3n) is 6.04. The van der Waals surface area contributed by atoms with Gasteiger partial charge in [-0.15, -0.1) is 0 Å². The van der Waals surface area contributed by atoms with E-state index in [9.17, 15) is 4.79 Å². The summed E-state index contributed by atoms with van der Waals surface area (Å²) in [4.78, 5) is 19.2. The molecule has 3 rings (SSSR count). The van der Waals surface area contributed by atoms with Crippen LogP contribution in [0.5, 0.6) is 0 Å². The van der Waals surface area contributed by atoms with Crippen LogP contribution in [0.15, 0.2) is 29.3 Å². The molecule has 0 spiro atoms. The van der Waals surface area contributed by atoms with Crippen molar-refractivity contribution in [1.82, 2.24) is 10.6 Å². The fraction of sp³-hybridized carbons (Fsp3) is 0.636. The van der Waals surface area contributed by atoms with Gasteiger partial charge in [0.05, 0.1) is 0 Å². The number of guanidine groups is 1. The molecule has 1 amide bonds. The maximum Gasteiger partial charge on any atom is 0.248 e. The van der Waals surface area contributed by atoms with Crippen molar-refractivity contribution in [3.05, 3.63) is 29.8 Å². The Labute approximate surface area is 168 Å². The van der Waals surface area contributed by atoms with Crippen LogP contribution in [-0.4, -0.2) is 51.8 Å². The Kier molecular flexibility index (Phi) is 7.31. The molecule has 1 saturated carbocycles. The Morgan fingerprint density at radius 3 is 2.79 bits per heavy atom. The second-order valence-electron chi connectivity index (χ2n) is 7.92. The SMILES string of the molecule is CCNC(=NCC(=O)N1CCc2ccccc21)NCC1(CCOC)CCCC1. The average molecular weight is 387 g/mol. The van der Waals surface area contributed by atoms with Crippen LogP contribution in [0, 0.1) is 5.41 Å². The molecule has 0 unspecified atom stereocenters. The summed E-state index contributed by atoms with van der Waals surface area (Å²) in [6, 6.07) is 8.13. The number of fused-ring (bicyclic) bond motifs is 1. The minimum absolute atomic E-state index is 0.0529. The van der Waals surface area contributed by atoms with Gasteiger partial charge in [-0.1, -0.05) is 31.0 Å². The number of carbonyl (C=O) groups excluding carboxylic acids is 1. The summed E-state index contributed by atoms with van der Waals surface area (Å²) in [6.45, 7) is 5.40. The molecule has 28 heavy (non-hydrogen) atoms. The fourth-order valence-electron chi connectivity index (χ4n) is 4.40. The molecular formula is C22H34N4O2. The van der Waals surface area contributed by atoms with Gasteiger partial charge in [0.15, 0.2) is 5.96 Å². The summed E-state index contributed by atoms with van der Waals surface area (Å²) in [5.74, 6) is 0.782. The van der Waals surface area contributed by atoms with Crippen molar-refractivity contribution in [2.75, 3.05) is 44.8 Å². The normalized spacial score (nSPS) is 18.2. The summed E-state index contributed by atoms with van der Waals surface area (Å²) in [5, 5.41) is 6.77. The highest BCUT2D eigenvalue weighted by molar-refractivity contribution is 5.98. The van der Waals surface area contributed by atoms with Crippen molar-refractivity contribution in [1.29, 1.82) is 0 Å². The first kappa shape index (κ1) is 20.6. The summed E-state index contributed by atoms with van der Waals surface area (Å²) in [6.07, 6.45) is 7.02. The molecule has 1 aliphatic carbocycles. The van der Waals surface area contributed by atoms with Gasteiger partial charge in [-0.25, -0.2) is 4.99 Å². The van der Waals surface area contributed by atoms with E-state index in [1.807, 2.05) is 30.0 Å². The molecule has 1 heterocycles. The number of methoxy groups -OCH3 is 1. The lowest BCUT2D eigenvalue weighted by molar-refractivity contribution is -0.117. The predicted molar refractivity (Wildman–Crippen MR) is 114 cm³/mol. The largest absolute Gasteiger partial charge is 0.385 e. The molecule has 154 valence electrons. The second-order valence-corrected chi connectivity index (χ2v) is 7.92. The quantitative estimate of drug-likeness (QED) is 0.533. The van der Waals surface area contributed by atoms with Crippen LogP contribution < -0.4 is 15.5 Å². The third-order valence-corrected chi connectivity index (χ3v) is 6.04. The van der Waals surface area contributed by atoms with Crippen molar-refractivity contribution in [3.8, 4) is 0 Å². The monoisotopic (exact) mass is 386 g/mol. The number of carbonyl (C=O) groups is 1. The summed E-state index contributed by atoms with van der Waals surface area (Å²) < 4.78 is 5.32. The Hall–Kier alpha value is -2.08. The number of nitrogens with one attached hydrogen (secondary N) is 2. The highest BCUT2D eigenvalue weighted by Crippen LogP contribution is 2.40. The van der Waals surface area contributed by atoms with Crippen LogP contribution in [0.1, 0.15) is 44.6 Å². The highest BCUT2D eigenvalue weighted by atomic mass is 16.5. The second kappa shape index (κ2) is 9.92. The van der Waals surface area contributed by atoms with E-state index in [4.69, 9.17) is 4.74 Å². The summed E-state index contributed by atoms with van der Waals surface area (Å²) in [5.41, 5.74) is 2.56. The lowest BCUT2D eigenvalue weighted by Gasteiger charge is -2.30. The standard InChI is InChI=1S/C22H34N4O2/c1-3-23-21(25-17-22(13-15-28-2)11-6-7-12-22)24-16-20(27)26-14-10-18-8-4-5-9-19(18)26/h4-5,8-9H,3,6-7,10-17H2,1-2H3,(H2,23,24,25). The number of hydrogen-bond acceptors (Lipinski definition) is 3. The Bertz CT molecular complexity index is 683. The molecule has 6 heteroatoms. The van der Waals surface area contributed by atoms with Crippen molar-refractivity contribution < 1.29 is 9.53 Å². The minimum Gasteiger partial charge on any atom is -0.385 e. The smallest absolute Gasteiger partial charge is 0.248 e. The van der Waals surface area contributed by atoms with Gasteiger partial charge in [0, 0.05) is 39.0 Å². The zero-order chi connectivity index (χ0) is 19.8. The number of hydrogen-bond donors (Lipinski definition) is 2. The molecule has 0 aromatic heterocycles. The lowest BCUT2D eigenvalue weighted by Crippen LogP contribution is -2.44. The molecule has 2 N–H and O–H groups in total. The molecule has 2 aliphatic rings. The number of para-hydroxylation sites is 1. The average Bonchev–Trinajstić information content (AvgIpc) is 3.36. The zero-order valence-electron chi connectivity index (χ0n) is 17.3. The summed E-state index contributed by atoms with van der Waals surface area (Å²) in [7, 11) is 1.77. The first-order valence-electron chi connectivity index (χ1n) is 10.6. The molecule has 0 atom stereocenters. The van der Waals surface area contributed by atoms with E-state index >= 15 is 0 Å². The molecular weight excluding hydrogens is 352 g/mol. The molecule has 0 saturated heterocycles. The van der Waals surface area contributed by atoms with Crippen LogP contribution in [0.3, 0.4) is 0 Å². The van der Waals surface area contributed by atoms with Crippen LogP contribution in [0.4, 0.5) is 5.69 Å². The third kappa shape index (κ3) is 5.04. The Morgan fingerprint density at radius 2 is 2.04 bits per heavy atom. The molecule has 0 bridgehead atoms. The number of benzene rings is 1. The molecule has 1 aliphatic heterocycles. The number of nitrogens with zero attached hydrogens (tertiary/aromatic N) is 2. The molecule has 1 fully saturated rings. The molecule has 6 nitrogen and oxygen atoms in total. The van der Waals surface area contributed by atoms with Gasteiger partial charge >= 0.3 is 0 Å². The van der Waals surface area contributed by atoms with Crippen molar-refractivity contribution in [3.63, 3.8) is 0 Å². The Morgan fingerprint density at radius 1 is 1.25 bits per heavy atom. The van der Waals surface area contributed by atoms with Crippen LogP contribution in [-0.2, 0) is 16.0 Å². The minimum atomic E-state index is 0.0529. The highest BCUT2D eigenvalue weighted by Gasteiger charge is 2.33. The topological polar surface area (TPSA) is 66.0 Å². The van der Waals surface area contributed by atoms with Crippen molar-refractivity contribution >= 4 is 17.6 Å². The maximum absolute atomic E-state index is 12.7. The first-order chi connectivity index (χ1) is 13.7. The van der Waals surface area contributed by atoms with Crippen LogP contribution in [0.25, 0.3) is 0 Å². The van der Waals surface area contributed by atoms with Crippen molar-refractivity contribution in [2.24, 2.45) is 10.4 Å². The van der Waals surface area contributed by atoms with E-state index in [-0.39, 0.29) is 17.9 Å². The summed E-state index contributed by atoms with van der Waals surface area (Å²) >= 11 is 0. The van der Waals surface area contributed by atoms with Gasteiger partial charge in [0.25, 0.3) is 0 Å². The number of rotatable bonds is 8. The maximum atomic E-state index is 12.7. The van der Waals surface area contributed by atoms with E-state index in [0.29, 0.717) is 0 Å². The predicted octanol–water partition coefficient (Wildman–Crippen LogP) is 2.73. The fourth-order valence-corrected chi connectivity index (χ4v) is 4.40. The Balaban J connectivity index is 1.59. The number of aliphatic imine (C=N–C) groups is 1. The first-order valence-corrected chi connectivity index (χ1v) is 10.6. The zero-order valence-corrected chi connectivity index (χ0v) is 17.3. The number of amides is 1. The van der Waals surface area contributed by atoms with Gasteiger partial charge in [-0.05, 0) is 49.7 Å². The van der Waals surface area contributed by atoms with Gasteiger partial charge in [-0.3, -0.25) is 4.79 Å². The van der Waals surface area contributed by atoms with E-state index < -0.39 is 0 Å².